The average molecular weight is 284 g/mol. The zero-order chi connectivity index (χ0) is 14.8. The van der Waals surface area contributed by atoms with E-state index in [9.17, 15) is 0 Å². The van der Waals surface area contributed by atoms with Crippen LogP contribution in [0.25, 0.3) is 10.9 Å². The Kier molecular flexibility index (Phi) is 3.41. The molecular formula is C14H16N6O. The highest BCUT2D eigenvalue weighted by atomic mass is 16.4. The molecule has 0 fully saturated rings. The molecule has 21 heavy (non-hydrogen) atoms. The summed E-state index contributed by atoms with van der Waals surface area (Å²) < 4.78 is 5.53. The second kappa shape index (κ2) is 5.37. The topological polar surface area (TPSA) is 102 Å². The van der Waals surface area contributed by atoms with E-state index in [1.807, 2.05) is 38.1 Å². The van der Waals surface area contributed by atoms with Crippen LogP contribution in [0.5, 0.6) is 0 Å². The Labute approximate surface area is 121 Å². The van der Waals surface area contributed by atoms with Gasteiger partial charge in [-0.05, 0) is 26.0 Å². The van der Waals surface area contributed by atoms with Gasteiger partial charge < -0.3 is 9.73 Å². The second-order valence-corrected chi connectivity index (χ2v) is 4.73. The number of nitrogens with two attached hydrogens (primary N) is 1. The lowest BCUT2D eigenvalue weighted by Gasteiger charge is -2.14. The molecule has 0 aliphatic rings. The quantitative estimate of drug-likeness (QED) is 0.499. The van der Waals surface area contributed by atoms with E-state index in [0.717, 1.165) is 16.7 Å². The Morgan fingerprint density at radius 2 is 2.05 bits per heavy atom. The summed E-state index contributed by atoms with van der Waals surface area (Å²) in [6, 6.07) is 7.59. The minimum atomic E-state index is -0.123. The molecule has 3 rings (SSSR count). The highest BCUT2D eigenvalue weighted by molar-refractivity contribution is 5.90. The summed E-state index contributed by atoms with van der Waals surface area (Å²) in [7, 11) is 0. The van der Waals surface area contributed by atoms with Crippen molar-refractivity contribution in [2.45, 2.75) is 19.9 Å². The number of oxazole rings is 1. The van der Waals surface area contributed by atoms with Crippen LogP contribution in [-0.2, 0) is 0 Å². The standard InChI is InChI=1S/C14H16N6O/c1-8-7-16-13(21-8)9(2)17-12-10-5-3-4-6-11(10)18-14(19-12)20-15/h3-7,9H,15H2,1-2H3,(H2,17,18,19,20). The maximum absolute atomic E-state index is 5.53. The fourth-order valence-electron chi connectivity index (χ4n) is 2.09. The van der Waals surface area contributed by atoms with Crippen molar-refractivity contribution in [3.8, 4) is 0 Å². The Hall–Kier alpha value is -2.67. The predicted molar refractivity (Wildman–Crippen MR) is 80.6 cm³/mol. The molecule has 0 spiro atoms. The summed E-state index contributed by atoms with van der Waals surface area (Å²) in [4.78, 5) is 12.9. The summed E-state index contributed by atoms with van der Waals surface area (Å²) in [6.45, 7) is 3.82. The van der Waals surface area contributed by atoms with E-state index < -0.39 is 0 Å². The Bertz CT molecular complexity index is 769. The van der Waals surface area contributed by atoms with Gasteiger partial charge in [-0.2, -0.15) is 4.98 Å². The van der Waals surface area contributed by atoms with Gasteiger partial charge in [0.1, 0.15) is 17.6 Å². The summed E-state index contributed by atoms with van der Waals surface area (Å²) in [6.07, 6.45) is 1.69. The molecule has 7 nitrogen and oxygen atoms in total. The molecule has 0 saturated carbocycles. The van der Waals surface area contributed by atoms with Gasteiger partial charge in [0.25, 0.3) is 0 Å². The lowest BCUT2D eigenvalue weighted by molar-refractivity contribution is 0.453. The fraction of sp³-hybridized carbons (Fsp3) is 0.214. The van der Waals surface area contributed by atoms with Crippen LogP contribution in [0, 0.1) is 6.92 Å². The number of benzene rings is 1. The van der Waals surface area contributed by atoms with E-state index >= 15 is 0 Å². The third kappa shape index (κ3) is 2.63. The van der Waals surface area contributed by atoms with Gasteiger partial charge in [0.15, 0.2) is 0 Å². The molecule has 2 heterocycles. The summed E-state index contributed by atoms with van der Waals surface area (Å²) >= 11 is 0. The first kappa shape index (κ1) is 13.3. The third-order valence-electron chi connectivity index (χ3n) is 3.10. The van der Waals surface area contributed by atoms with Crippen molar-refractivity contribution in [2.24, 2.45) is 5.84 Å². The van der Waals surface area contributed by atoms with Crippen LogP contribution >= 0.6 is 0 Å². The molecule has 1 aromatic carbocycles. The Balaban J connectivity index is 1.99. The van der Waals surface area contributed by atoms with Crippen LogP contribution in [0.3, 0.4) is 0 Å². The highest BCUT2D eigenvalue weighted by Crippen LogP contribution is 2.25. The number of aryl methyl sites for hydroxylation is 1. The van der Waals surface area contributed by atoms with Crippen molar-refractivity contribution in [1.29, 1.82) is 0 Å². The number of aromatic nitrogens is 3. The van der Waals surface area contributed by atoms with Gasteiger partial charge >= 0.3 is 0 Å². The molecule has 0 aliphatic carbocycles. The molecule has 4 N–H and O–H groups in total. The van der Waals surface area contributed by atoms with E-state index in [1.54, 1.807) is 6.20 Å². The molecular weight excluding hydrogens is 268 g/mol. The number of rotatable bonds is 4. The van der Waals surface area contributed by atoms with Crippen molar-refractivity contribution >= 4 is 22.7 Å². The molecule has 1 unspecified atom stereocenters. The molecule has 0 aliphatic heterocycles. The van der Waals surface area contributed by atoms with Crippen LogP contribution in [0.4, 0.5) is 11.8 Å². The van der Waals surface area contributed by atoms with Crippen LogP contribution in [0.15, 0.2) is 34.9 Å². The highest BCUT2D eigenvalue weighted by Gasteiger charge is 2.14. The van der Waals surface area contributed by atoms with Crippen molar-refractivity contribution in [1.82, 2.24) is 15.0 Å². The third-order valence-corrected chi connectivity index (χ3v) is 3.10. The van der Waals surface area contributed by atoms with Crippen molar-refractivity contribution in [2.75, 3.05) is 10.7 Å². The van der Waals surface area contributed by atoms with E-state index in [1.165, 1.54) is 0 Å². The van der Waals surface area contributed by atoms with Gasteiger partial charge in [-0.3, -0.25) is 5.43 Å². The number of hydrazine groups is 1. The number of fused-ring (bicyclic) bond motifs is 1. The minimum Gasteiger partial charge on any atom is -0.444 e. The predicted octanol–water partition coefficient (Wildman–Crippen LogP) is 2.38. The van der Waals surface area contributed by atoms with Gasteiger partial charge in [0.05, 0.1) is 11.7 Å². The number of hydrogen-bond acceptors (Lipinski definition) is 7. The van der Waals surface area contributed by atoms with E-state index in [2.05, 4.69) is 25.7 Å². The molecule has 7 heteroatoms. The van der Waals surface area contributed by atoms with Crippen LogP contribution < -0.4 is 16.6 Å². The first-order valence-electron chi connectivity index (χ1n) is 6.59. The number of nitrogens with zero attached hydrogens (tertiary/aromatic N) is 3. The van der Waals surface area contributed by atoms with Crippen molar-refractivity contribution in [3.63, 3.8) is 0 Å². The molecule has 108 valence electrons. The SMILES string of the molecule is Cc1cnc(C(C)Nc2nc(NN)nc3ccccc23)o1. The lowest BCUT2D eigenvalue weighted by Crippen LogP contribution is -2.14. The van der Waals surface area contributed by atoms with Crippen LogP contribution in [-0.4, -0.2) is 15.0 Å². The molecule has 0 bridgehead atoms. The largest absolute Gasteiger partial charge is 0.444 e. The number of para-hydroxylation sites is 1. The Morgan fingerprint density at radius 3 is 2.76 bits per heavy atom. The normalized spacial score (nSPS) is 12.3. The monoisotopic (exact) mass is 284 g/mol. The number of nitrogens with one attached hydrogen (secondary N) is 2. The molecule has 0 amide bonds. The van der Waals surface area contributed by atoms with E-state index in [0.29, 0.717) is 17.7 Å². The molecule has 3 aromatic rings. The van der Waals surface area contributed by atoms with Gasteiger partial charge in [-0.25, -0.2) is 15.8 Å². The molecule has 2 aromatic heterocycles. The summed E-state index contributed by atoms with van der Waals surface area (Å²) in [5, 5.41) is 4.20. The van der Waals surface area contributed by atoms with Crippen LogP contribution in [0.1, 0.15) is 24.6 Å². The van der Waals surface area contributed by atoms with Crippen molar-refractivity contribution in [3.05, 3.63) is 42.1 Å². The first-order chi connectivity index (χ1) is 10.2. The van der Waals surface area contributed by atoms with Gasteiger partial charge in [0, 0.05) is 5.39 Å². The fourth-order valence-corrected chi connectivity index (χ4v) is 2.09. The number of nitrogen functional groups attached to an aromatic ring is 1. The van der Waals surface area contributed by atoms with Crippen molar-refractivity contribution < 1.29 is 4.42 Å². The zero-order valence-electron chi connectivity index (χ0n) is 11.8. The maximum atomic E-state index is 5.53. The summed E-state index contributed by atoms with van der Waals surface area (Å²) in [5.74, 6) is 7.84. The first-order valence-corrected chi connectivity index (χ1v) is 6.59. The zero-order valence-corrected chi connectivity index (χ0v) is 11.8. The minimum absolute atomic E-state index is 0.123. The second-order valence-electron chi connectivity index (χ2n) is 4.73. The molecule has 0 saturated heterocycles. The van der Waals surface area contributed by atoms with E-state index in [-0.39, 0.29) is 6.04 Å². The number of hydrogen-bond donors (Lipinski definition) is 3. The maximum Gasteiger partial charge on any atom is 0.239 e. The number of anilines is 2. The smallest absolute Gasteiger partial charge is 0.239 e. The van der Waals surface area contributed by atoms with Gasteiger partial charge in [-0.15, -0.1) is 0 Å². The average Bonchev–Trinajstić information content (AvgIpc) is 2.93. The molecule has 0 radical (unpaired) electrons. The Morgan fingerprint density at radius 1 is 1.24 bits per heavy atom. The molecule has 1 atom stereocenters. The van der Waals surface area contributed by atoms with Crippen LogP contribution in [0.2, 0.25) is 0 Å². The van der Waals surface area contributed by atoms with Gasteiger partial charge in [0.2, 0.25) is 11.8 Å². The van der Waals surface area contributed by atoms with E-state index in [4.69, 9.17) is 10.3 Å². The lowest BCUT2D eigenvalue weighted by atomic mass is 10.2. The summed E-state index contributed by atoms with van der Waals surface area (Å²) in [5.41, 5.74) is 3.28. The van der Waals surface area contributed by atoms with Gasteiger partial charge in [-0.1, -0.05) is 12.1 Å².